The summed E-state index contributed by atoms with van der Waals surface area (Å²) >= 11 is 2.65. The van der Waals surface area contributed by atoms with Crippen molar-refractivity contribution in [2.24, 2.45) is 0 Å². The first-order valence-corrected chi connectivity index (χ1v) is 8.86. The molecule has 2 rings (SSSR count). The first-order chi connectivity index (χ1) is 10.5. The number of carbonyl (C=O) groups excluding carboxylic acids is 1. The Hall–Kier alpha value is -1.60. The Bertz CT molecular complexity index is 644. The van der Waals surface area contributed by atoms with Gasteiger partial charge in [0.25, 0.3) is 0 Å². The van der Waals surface area contributed by atoms with Gasteiger partial charge in [0.05, 0.1) is 5.25 Å². The fourth-order valence-corrected chi connectivity index (χ4v) is 3.75. The van der Waals surface area contributed by atoms with Crippen LogP contribution in [-0.2, 0) is 4.79 Å². The normalized spacial score (nSPS) is 13.6. The summed E-state index contributed by atoms with van der Waals surface area (Å²) in [5.41, 5.74) is 7.60. The molecule has 0 fully saturated rings. The lowest BCUT2D eigenvalue weighted by Gasteiger charge is -2.17. The number of thioether (sulfide) groups is 1. The van der Waals surface area contributed by atoms with Gasteiger partial charge in [0.2, 0.25) is 11.0 Å². The lowest BCUT2D eigenvalue weighted by atomic mass is 9.97. The van der Waals surface area contributed by atoms with E-state index >= 15 is 0 Å². The summed E-state index contributed by atoms with van der Waals surface area (Å²) in [5, 5.41) is 10.9. The van der Waals surface area contributed by atoms with Gasteiger partial charge in [-0.1, -0.05) is 55.1 Å². The molecule has 118 valence electrons. The summed E-state index contributed by atoms with van der Waals surface area (Å²) in [6.07, 6.45) is 1.03. The number of benzene rings is 1. The zero-order valence-electron chi connectivity index (χ0n) is 12.9. The summed E-state index contributed by atoms with van der Waals surface area (Å²) in [4.78, 5) is 12.4. The molecule has 1 heterocycles. The Balaban J connectivity index is 2.05. The topological polar surface area (TPSA) is 80.9 Å². The van der Waals surface area contributed by atoms with Crippen LogP contribution in [0.1, 0.15) is 38.7 Å². The van der Waals surface area contributed by atoms with Crippen LogP contribution in [-0.4, -0.2) is 21.4 Å². The Morgan fingerprint density at radius 3 is 2.73 bits per heavy atom. The van der Waals surface area contributed by atoms with Crippen LogP contribution in [0.3, 0.4) is 0 Å². The minimum atomic E-state index is -0.266. The number of hydrogen-bond acceptors (Lipinski definition) is 6. The number of amides is 1. The number of nitrogens with zero attached hydrogens (tertiary/aromatic N) is 2. The van der Waals surface area contributed by atoms with E-state index in [0.29, 0.717) is 15.4 Å². The summed E-state index contributed by atoms with van der Waals surface area (Å²) in [6, 6.07) is 7.94. The number of para-hydroxylation sites is 1. The molecular weight excluding hydrogens is 316 g/mol. The predicted molar refractivity (Wildman–Crippen MR) is 93.4 cm³/mol. The molecule has 0 aliphatic rings. The minimum Gasteiger partial charge on any atom is -0.374 e. The number of nitrogen functional groups attached to an aromatic ring is 1. The molecule has 1 aromatic heterocycles. The predicted octanol–water partition coefficient (Wildman–Crippen LogP) is 3.75. The Labute approximate surface area is 138 Å². The molecule has 0 saturated heterocycles. The van der Waals surface area contributed by atoms with Crippen LogP contribution >= 0.6 is 23.1 Å². The molecule has 22 heavy (non-hydrogen) atoms. The number of nitrogens with one attached hydrogen (secondary N) is 1. The number of anilines is 2. The van der Waals surface area contributed by atoms with Crippen molar-refractivity contribution < 1.29 is 4.79 Å². The van der Waals surface area contributed by atoms with Gasteiger partial charge in [-0.05, 0) is 30.9 Å². The van der Waals surface area contributed by atoms with E-state index in [-0.39, 0.29) is 11.2 Å². The fourth-order valence-electron chi connectivity index (χ4n) is 1.97. The molecule has 3 N–H and O–H groups in total. The van der Waals surface area contributed by atoms with Crippen molar-refractivity contribution in [1.29, 1.82) is 0 Å². The summed E-state index contributed by atoms with van der Waals surface area (Å²) < 4.78 is 0.704. The van der Waals surface area contributed by atoms with Gasteiger partial charge in [-0.25, -0.2) is 0 Å². The van der Waals surface area contributed by atoms with Gasteiger partial charge >= 0.3 is 0 Å². The number of carbonyl (C=O) groups is 1. The Morgan fingerprint density at radius 2 is 2.09 bits per heavy atom. The number of nitrogens with two attached hydrogens (primary N) is 1. The highest BCUT2D eigenvalue weighted by molar-refractivity contribution is 8.02. The summed E-state index contributed by atoms with van der Waals surface area (Å²) in [5.74, 6) is 0.358. The van der Waals surface area contributed by atoms with Gasteiger partial charge in [0, 0.05) is 5.69 Å². The van der Waals surface area contributed by atoms with Crippen molar-refractivity contribution in [3.8, 4) is 0 Å². The van der Waals surface area contributed by atoms with Crippen molar-refractivity contribution in [3.63, 3.8) is 0 Å². The number of rotatable bonds is 6. The quantitative estimate of drug-likeness (QED) is 0.785. The van der Waals surface area contributed by atoms with Gasteiger partial charge in [-0.3, -0.25) is 4.79 Å². The second-order valence-corrected chi connectivity index (χ2v) is 7.65. The van der Waals surface area contributed by atoms with Crippen LogP contribution in [0.4, 0.5) is 10.8 Å². The SMILES string of the molecule is CC[C@H](C)c1ccccc1NC(=O)[C@@H](C)Sc1nnc(N)s1. The monoisotopic (exact) mass is 336 g/mol. The van der Waals surface area contributed by atoms with Gasteiger partial charge < -0.3 is 11.1 Å². The third-order valence-electron chi connectivity index (χ3n) is 3.43. The average Bonchev–Trinajstić information content (AvgIpc) is 2.92. The van der Waals surface area contributed by atoms with Crippen LogP contribution in [0.15, 0.2) is 28.6 Å². The molecule has 2 aromatic rings. The van der Waals surface area contributed by atoms with E-state index in [1.54, 1.807) is 0 Å². The molecule has 5 nitrogen and oxygen atoms in total. The summed E-state index contributed by atoms with van der Waals surface area (Å²) in [7, 11) is 0. The molecule has 2 atom stereocenters. The third kappa shape index (κ3) is 4.20. The first-order valence-electron chi connectivity index (χ1n) is 7.16. The van der Waals surface area contributed by atoms with E-state index in [1.165, 1.54) is 23.1 Å². The van der Waals surface area contributed by atoms with Crippen molar-refractivity contribution >= 4 is 39.8 Å². The zero-order valence-corrected chi connectivity index (χ0v) is 14.5. The Kier molecular flexibility index (Phi) is 5.79. The number of aromatic nitrogens is 2. The zero-order chi connectivity index (χ0) is 16.1. The van der Waals surface area contributed by atoms with E-state index < -0.39 is 0 Å². The smallest absolute Gasteiger partial charge is 0.237 e. The van der Waals surface area contributed by atoms with Crippen LogP contribution in [0.25, 0.3) is 0 Å². The fraction of sp³-hybridized carbons (Fsp3) is 0.400. The van der Waals surface area contributed by atoms with Crippen molar-refractivity contribution in [1.82, 2.24) is 10.2 Å². The molecule has 0 aliphatic carbocycles. The highest BCUT2D eigenvalue weighted by Crippen LogP contribution is 2.30. The molecule has 0 radical (unpaired) electrons. The minimum absolute atomic E-state index is 0.0467. The highest BCUT2D eigenvalue weighted by atomic mass is 32.2. The molecule has 0 spiro atoms. The van der Waals surface area contributed by atoms with Gasteiger partial charge in [-0.2, -0.15) is 0 Å². The molecular formula is C15H20N4OS2. The molecule has 0 saturated carbocycles. The first kappa shape index (κ1) is 16.8. The van der Waals surface area contributed by atoms with E-state index in [9.17, 15) is 4.79 Å². The molecule has 0 bridgehead atoms. The van der Waals surface area contributed by atoms with Crippen molar-refractivity contribution in [2.75, 3.05) is 11.1 Å². The second kappa shape index (κ2) is 7.60. The van der Waals surface area contributed by atoms with Crippen molar-refractivity contribution in [2.45, 2.75) is 42.7 Å². The van der Waals surface area contributed by atoms with Gasteiger partial charge in [-0.15, -0.1) is 10.2 Å². The number of hydrogen-bond donors (Lipinski definition) is 2. The van der Waals surface area contributed by atoms with Crippen LogP contribution in [0.5, 0.6) is 0 Å². The summed E-state index contributed by atoms with van der Waals surface area (Å²) in [6.45, 7) is 6.15. The largest absolute Gasteiger partial charge is 0.374 e. The average molecular weight is 336 g/mol. The highest BCUT2D eigenvalue weighted by Gasteiger charge is 2.18. The maximum absolute atomic E-state index is 12.4. The maximum Gasteiger partial charge on any atom is 0.237 e. The van der Waals surface area contributed by atoms with E-state index in [4.69, 9.17) is 5.73 Å². The molecule has 7 heteroatoms. The van der Waals surface area contributed by atoms with Crippen molar-refractivity contribution in [3.05, 3.63) is 29.8 Å². The maximum atomic E-state index is 12.4. The second-order valence-electron chi connectivity index (χ2n) is 5.05. The van der Waals surface area contributed by atoms with Crippen LogP contribution in [0, 0.1) is 0 Å². The molecule has 0 unspecified atom stereocenters. The Morgan fingerprint density at radius 1 is 1.36 bits per heavy atom. The molecule has 0 aliphatic heterocycles. The third-order valence-corrected chi connectivity index (χ3v) is 5.37. The van der Waals surface area contributed by atoms with Crippen LogP contribution in [0.2, 0.25) is 0 Å². The van der Waals surface area contributed by atoms with E-state index in [1.807, 2.05) is 25.1 Å². The lowest BCUT2D eigenvalue weighted by molar-refractivity contribution is -0.115. The van der Waals surface area contributed by atoms with E-state index in [0.717, 1.165) is 17.7 Å². The molecule has 1 amide bonds. The standard InChI is InChI=1S/C15H20N4OS2/c1-4-9(2)11-7-5-6-8-12(11)17-13(20)10(3)21-15-19-18-14(16)22-15/h5-10H,4H2,1-3H3,(H2,16,18)(H,17,20)/t9-,10+/m0/s1. The lowest BCUT2D eigenvalue weighted by Crippen LogP contribution is -2.23. The molecule has 1 aromatic carbocycles. The van der Waals surface area contributed by atoms with Gasteiger partial charge in [0.1, 0.15) is 0 Å². The van der Waals surface area contributed by atoms with Crippen LogP contribution < -0.4 is 11.1 Å². The van der Waals surface area contributed by atoms with E-state index in [2.05, 4.69) is 35.4 Å². The van der Waals surface area contributed by atoms with Gasteiger partial charge in [0.15, 0.2) is 4.34 Å².